The molecular formula is C21H22N6O4. The summed E-state index contributed by atoms with van der Waals surface area (Å²) in [6.45, 7) is 5.19. The lowest BCUT2D eigenvalue weighted by molar-refractivity contribution is -0.122. The van der Waals surface area contributed by atoms with Gasteiger partial charge in [0.25, 0.3) is 0 Å². The minimum absolute atomic E-state index is 0.00207. The fourth-order valence-corrected chi connectivity index (χ4v) is 3.46. The summed E-state index contributed by atoms with van der Waals surface area (Å²) in [6.07, 6.45) is 3.36. The lowest BCUT2D eigenvalue weighted by Gasteiger charge is -2.23. The molecule has 1 aliphatic heterocycles. The number of hydrogen-bond acceptors (Lipinski definition) is 8. The topological polar surface area (TPSA) is 116 Å². The van der Waals surface area contributed by atoms with Crippen molar-refractivity contribution in [3.05, 3.63) is 36.7 Å². The Balaban J connectivity index is 1.44. The molecular weight excluding hydrogens is 400 g/mol. The van der Waals surface area contributed by atoms with Gasteiger partial charge in [-0.25, -0.2) is 14.5 Å². The summed E-state index contributed by atoms with van der Waals surface area (Å²) in [5, 5.41) is 11.3. The highest BCUT2D eigenvalue weighted by Crippen LogP contribution is 2.32. The number of nitrogens with one attached hydrogen (secondary N) is 2. The Kier molecular flexibility index (Phi) is 4.91. The van der Waals surface area contributed by atoms with Crippen LogP contribution in [0, 0.1) is 0 Å². The van der Waals surface area contributed by atoms with Crippen LogP contribution < -0.4 is 20.1 Å². The summed E-state index contributed by atoms with van der Waals surface area (Å²) in [5.74, 6) is 1.50. The molecule has 1 fully saturated rings. The van der Waals surface area contributed by atoms with Gasteiger partial charge in [-0.1, -0.05) is 0 Å². The van der Waals surface area contributed by atoms with Gasteiger partial charge in [0.05, 0.1) is 30.3 Å². The first-order valence-electron chi connectivity index (χ1n) is 10.1. The maximum atomic E-state index is 11.5. The highest BCUT2D eigenvalue weighted by Gasteiger charge is 2.19. The van der Waals surface area contributed by atoms with E-state index in [2.05, 4.69) is 25.7 Å². The number of nitrogens with zero attached hydrogens (tertiary/aromatic N) is 4. The molecule has 5 heterocycles. The van der Waals surface area contributed by atoms with E-state index in [1.807, 2.05) is 26.0 Å². The zero-order valence-electron chi connectivity index (χ0n) is 17.2. The molecule has 1 atom stereocenters. The zero-order valence-corrected chi connectivity index (χ0v) is 17.2. The molecule has 2 N–H and O–H groups in total. The molecule has 0 bridgehead atoms. The Morgan fingerprint density at radius 1 is 1.29 bits per heavy atom. The third-order valence-corrected chi connectivity index (χ3v) is 4.82. The molecule has 0 spiro atoms. The van der Waals surface area contributed by atoms with Crippen molar-refractivity contribution in [2.24, 2.45) is 0 Å². The average Bonchev–Trinajstić information content (AvgIpc) is 3.36. The van der Waals surface area contributed by atoms with E-state index in [1.165, 1.54) is 0 Å². The van der Waals surface area contributed by atoms with Crippen LogP contribution in [0.15, 0.2) is 41.1 Å². The van der Waals surface area contributed by atoms with Crippen molar-refractivity contribution >= 4 is 22.5 Å². The maximum absolute atomic E-state index is 11.5. The highest BCUT2D eigenvalue weighted by molar-refractivity contribution is 5.86. The van der Waals surface area contributed by atoms with E-state index in [0.29, 0.717) is 54.1 Å². The molecule has 31 heavy (non-hydrogen) atoms. The monoisotopic (exact) mass is 422 g/mol. The number of amides is 1. The van der Waals surface area contributed by atoms with Crippen molar-refractivity contribution in [3.63, 3.8) is 0 Å². The molecule has 5 rings (SSSR count). The second-order valence-corrected chi connectivity index (χ2v) is 7.60. The zero-order chi connectivity index (χ0) is 21.4. The summed E-state index contributed by atoms with van der Waals surface area (Å²) in [7, 11) is 0. The van der Waals surface area contributed by atoms with Gasteiger partial charge in [0, 0.05) is 24.9 Å². The van der Waals surface area contributed by atoms with E-state index in [9.17, 15) is 4.79 Å². The lowest BCUT2D eigenvalue weighted by Crippen LogP contribution is -2.54. The van der Waals surface area contributed by atoms with Crippen molar-refractivity contribution in [1.29, 1.82) is 0 Å². The number of piperazine rings is 1. The van der Waals surface area contributed by atoms with Gasteiger partial charge in [0.1, 0.15) is 17.9 Å². The Bertz CT molecular complexity index is 1250. The molecule has 4 aromatic heterocycles. The standard InChI is InChI=1S/C21H22N6O4/c1-12(2)30-21-14-7-17(31-16(14)5-6-23-21)15-9-24-18-3-4-20(26-27(15)18)29-11-13-8-22-10-19(28)25-13/h3-7,9,12-13,22H,8,10-11H2,1-2H3,(H,25,28). The van der Waals surface area contributed by atoms with Crippen molar-refractivity contribution in [2.75, 3.05) is 19.7 Å². The van der Waals surface area contributed by atoms with Crippen LogP contribution in [0.5, 0.6) is 11.8 Å². The van der Waals surface area contributed by atoms with Gasteiger partial charge in [-0.15, -0.1) is 5.10 Å². The van der Waals surface area contributed by atoms with Gasteiger partial charge < -0.3 is 24.5 Å². The van der Waals surface area contributed by atoms with Gasteiger partial charge >= 0.3 is 0 Å². The minimum atomic E-state index is -0.108. The number of ether oxygens (including phenoxy) is 2. The van der Waals surface area contributed by atoms with Crippen LogP contribution in [-0.2, 0) is 4.79 Å². The SMILES string of the molecule is CC(C)Oc1nccc2oc(-c3cnc4ccc(OCC5CNCC(=O)N5)nn34)cc12. The molecule has 1 amide bonds. The normalized spacial score (nSPS) is 16.7. The number of carbonyl (C=O) groups excluding carboxylic acids is 1. The molecule has 4 aromatic rings. The number of hydrogen-bond donors (Lipinski definition) is 2. The van der Waals surface area contributed by atoms with Crippen LogP contribution in [0.3, 0.4) is 0 Å². The van der Waals surface area contributed by atoms with Crippen molar-refractivity contribution in [2.45, 2.75) is 26.0 Å². The van der Waals surface area contributed by atoms with Crippen LogP contribution in [0.4, 0.5) is 0 Å². The third-order valence-electron chi connectivity index (χ3n) is 4.82. The highest BCUT2D eigenvalue weighted by atomic mass is 16.5. The molecule has 0 radical (unpaired) electrons. The fourth-order valence-electron chi connectivity index (χ4n) is 3.46. The van der Waals surface area contributed by atoms with E-state index in [4.69, 9.17) is 13.9 Å². The quantitative estimate of drug-likeness (QED) is 0.483. The summed E-state index contributed by atoms with van der Waals surface area (Å²) in [4.78, 5) is 20.2. The van der Waals surface area contributed by atoms with E-state index in [-0.39, 0.29) is 18.1 Å². The number of carbonyl (C=O) groups is 1. The van der Waals surface area contributed by atoms with Crippen molar-refractivity contribution in [3.8, 4) is 23.2 Å². The first-order chi connectivity index (χ1) is 15.1. The summed E-state index contributed by atoms with van der Waals surface area (Å²) in [5.41, 5.74) is 2.01. The molecule has 160 valence electrons. The molecule has 10 nitrogen and oxygen atoms in total. The van der Waals surface area contributed by atoms with Crippen molar-refractivity contribution < 1.29 is 18.7 Å². The number of fused-ring (bicyclic) bond motifs is 2. The van der Waals surface area contributed by atoms with E-state index in [1.54, 1.807) is 29.0 Å². The van der Waals surface area contributed by atoms with Crippen LogP contribution in [0.1, 0.15) is 13.8 Å². The Morgan fingerprint density at radius 2 is 2.19 bits per heavy atom. The predicted octanol–water partition coefficient (Wildman–Crippen LogP) is 1.79. The average molecular weight is 422 g/mol. The molecule has 10 heteroatoms. The number of aromatic nitrogens is 4. The minimum Gasteiger partial charge on any atom is -0.474 e. The predicted molar refractivity (Wildman–Crippen MR) is 112 cm³/mol. The van der Waals surface area contributed by atoms with E-state index >= 15 is 0 Å². The summed E-state index contributed by atoms with van der Waals surface area (Å²) in [6, 6.07) is 7.14. The molecule has 1 unspecified atom stereocenters. The second kappa shape index (κ2) is 7.88. The molecule has 1 saturated heterocycles. The van der Waals surface area contributed by atoms with E-state index < -0.39 is 0 Å². The van der Waals surface area contributed by atoms with Crippen LogP contribution in [-0.4, -0.2) is 57.3 Å². The molecule has 0 aromatic carbocycles. The Morgan fingerprint density at radius 3 is 3.03 bits per heavy atom. The van der Waals surface area contributed by atoms with E-state index in [0.717, 1.165) is 5.39 Å². The van der Waals surface area contributed by atoms with Gasteiger partial charge in [0.15, 0.2) is 11.4 Å². The van der Waals surface area contributed by atoms with Crippen LogP contribution >= 0.6 is 0 Å². The number of pyridine rings is 1. The van der Waals surface area contributed by atoms with Crippen LogP contribution in [0.25, 0.3) is 28.1 Å². The lowest BCUT2D eigenvalue weighted by atomic mass is 10.2. The van der Waals surface area contributed by atoms with Gasteiger partial charge in [0.2, 0.25) is 17.7 Å². The van der Waals surface area contributed by atoms with Crippen LogP contribution in [0.2, 0.25) is 0 Å². The number of furan rings is 1. The first-order valence-corrected chi connectivity index (χ1v) is 10.1. The second-order valence-electron chi connectivity index (χ2n) is 7.60. The van der Waals surface area contributed by atoms with Crippen molar-refractivity contribution in [1.82, 2.24) is 30.2 Å². The molecule has 0 saturated carbocycles. The summed E-state index contributed by atoms with van der Waals surface area (Å²) >= 11 is 0. The third kappa shape index (κ3) is 3.89. The largest absolute Gasteiger partial charge is 0.474 e. The molecule has 1 aliphatic rings. The number of imidazole rings is 1. The smallest absolute Gasteiger partial charge is 0.234 e. The van der Waals surface area contributed by atoms with Gasteiger partial charge in [-0.05, 0) is 26.0 Å². The molecule has 0 aliphatic carbocycles. The maximum Gasteiger partial charge on any atom is 0.234 e. The summed E-state index contributed by atoms with van der Waals surface area (Å²) < 4.78 is 19.3. The Hall–Kier alpha value is -3.66. The first kappa shape index (κ1) is 19.3. The van der Waals surface area contributed by atoms with Gasteiger partial charge in [-0.3, -0.25) is 4.79 Å². The number of rotatable bonds is 6. The Labute approximate surface area is 177 Å². The van der Waals surface area contributed by atoms with Gasteiger partial charge in [-0.2, -0.15) is 0 Å². The fraction of sp³-hybridized carbons (Fsp3) is 0.333.